The number of fused-ring (bicyclic) bond motifs is 1. The monoisotopic (exact) mass is 403 g/mol. The van der Waals surface area contributed by atoms with Gasteiger partial charge in [0, 0.05) is 18.2 Å². The number of amides is 3. The summed E-state index contributed by atoms with van der Waals surface area (Å²) < 4.78 is 51.8. The van der Waals surface area contributed by atoms with Crippen LogP contribution in [0.25, 0.3) is 0 Å². The highest BCUT2D eigenvalue weighted by atomic mass is 19.4. The van der Waals surface area contributed by atoms with E-state index < -0.39 is 65.1 Å². The van der Waals surface area contributed by atoms with Gasteiger partial charge in [-0.25, -0.2) is 4.39 Å². The lowest BCUT2D eigenvalue weighted by molar-refractivity contribution is -0.149. The molecule has 0 unspecified atom stereocenters. The molecular weight excluding hydrogens is 386 g/mol. The average Bonchev–Trinajstić information content (AvgIpc) is 3.01. The van der Waals surface area contributed by atoms with Crippen LogP contribution in [0.4, 0.5) is 17.6 Å². The van der Waals surface area contributed by atoms with Gasteiger partial charge in [-0.05, 0) is 31.5 Å². The number of alkyl halides is 3. The lowest BCUT2D eigenvalue weighted by Gasteiger charge is -2.35. The lowest BCUT2D eigenvalue weighted by Crippen LogP contribution is -2.64. The van der Waals surface area contributed by atoms with Crippen molar-refractivity contribution in [3.8, 4) is 0 Å². The first-order valence-electron chi connectivity index (χ1n) is 8.45. The molecule has 0 radical (unpaired) electrons. The van der Waals surface area contributed by atoms with E-state index in [4.69, 9.17) is 0 Å². The van der Waals surface area contributed by atoms with Gasteiger partial charge in [-0.2, -0.15) is 13.2 Å². The van der Waals surface area contributed by atoms with E-state index in [9.17, 15) is 37.1 Å². The van der Waals surface area contributed by atoms with E-state index in [-0.39, 0.29) is 13.0 Å². The van der Waals surface area contributed by atoms with Crippen LogP contribution in [0.3, 0.4) is 0 Å². The van der Waals surface area contributed by atoms with Crippen LogP contribution >= 0.6 is 0 Å². The number of piperazine rings is 1. The van der Waals surface area contributed by atoms with Gasteiger partial charge in [0.2, 0.25) is 11.8 Å². The normalized spacial score (nSPS) is 25.9. The summed E-state index contributed by atoms with van der Waals surface area (Å²) in [7, 11) is 0. The number of benzene rings is 1. The van der Waals surface area contributed by atoms with Crippen LogP contribution in [0.2, 0.25) is 0 Å². The largest absolute Gasteiger partial charge is 0.419 e. The molecule has 0 saturated carbocycles. The van der Waals surface area contributed by atoms with Crippen molar-refractivity contribution in [2.75, 3.05) is 6.54 Å². The van der Waals surface area contributed by atoms with Gasteiger partial charge in [0.25, 0.3) is 5.91 Å². The number of nitrogens with zero attached hydrogens (tertiary/aromatic N) is 1. The number of nitrogens with one attached hydrogen (secondary N) is 2. The number of aliphatic hydroxyl groups is 1. The Balaban J connectivity index is 1.73. The van der Waals surface area contributed by atoms with E-state index in [1.807, 2.05) is 0 Å². The van der Waals surface area contributed by atoms with Gasteiger partial charge in [0.15, 0.2) is 0 Å². The molecule has 0 aromatic heterocycles. The molecular formula is C17H17F4N3O4. The summed E-state index contributed by atoms with van der Waals surface area (Å²) in [5.74, 6) is -3.36. The first kappa shape index (κ1) is 20.1. The van der Waals surface area contributed by atoms with Gasteiger partial charge in [-0.3, -0.25) is 14.4 Å². The number of hydrogen-bond donors (Lipinski definition) is 3. The Kier molecular flexibility index (Phi) is 5.04. The van der Waals surface area contributed by atoms with E-state index in [1.54, 1.807) is 0 Å². The Labute approximate surface area is 156 Å². The molecule has 28 heavy (non-hydrogen) atoms. The van der Waals surface area contributed by atoms with E-state index in [2.05, 4.69) is 10.6 Å². The minimum absolute atomic E-state index is 0.0286. The topological polar surface area (TPSA) is 98.7 Å². The fourth-order valence-corrected chi connectivity index (χ4v) is 3.40. The summed E-state index contributed by atoms with van der Waals surface area (Å²) in [5, 5.41) is 14.5. The predicted molar refractivity (Wildman–Crippen MR) is 86.4 cm³/mol. The van der Waals surface area contributed by atoms with E-state index in [1.165, 1.54) is 11.8 Å². The van der Waals surface area contributed by atoms with Crippen LogP contribution in [-0.2, 0) is 15.8 Å². The minimum atomic E-state index is -4.95. The molecule has 11 heteroatoms. The molecule has 2 aliphatic heterocycles. The molecule has 3 amide bonds. The summed E-state index contributed by atoms with van der Waals surface area (Å²) in [5.41, 5.74) is -1.95. The second-order valence-corrected chi connectivity index (χ2v) is 6.83. The van der Waals surface area contributed by atoms with Crippen molar-refractivity contribution in [2.45, 2.75) is 43.8 Å². The first-order chi connectivity index (χ1) is 13.0. The fourth-order valence-electron chi connectivity index (χ4n) is 3.40. The Morgan fingerprint density at radius 2 is 2.04 bits per heavy atom. The third-order valence-electron chi connectivity index (χ3n) is 4.80. The number of carbonyl (C=O) groups excluding carboxylic acids is 3. The van der Waals surface area contributed by atoms with Crippen molar-refractivity contribution in [3.63, 3.8) is 0 Å². The third kappa shape index (κ3) is 3.66. The summed E-state index contributed by atoms with van der Waals surface area (Å²) in [6, 6.07) is -0.728. The van der Waals surface area contributed by atoms with Crippen molar-refractivity contribution >= 4 is 17.7 Å². The van der Waals surface area contributed by atoms with Crippen molar-refractivity contribution < 1.29 is 37.1 Å². The van der Waals surface area contributed by atoms with Crippen LogP contribution in [0.15, 0.2) is 18.2 Å². The lowest BCUT2D eigenvalue weighted by atomic mass is 10.0. The molecule has 2 saturated heterocycles. The molecule has 2 fully saturated rings. The van der Waals surface area contributed by atoms with Crippen LogP contribution in [0.1, 0.15) is 29.3 Å². The second-order valence-electron chi connectivity index (χ2n) is 6.83. The number of aliphatic hydroxyl groups excluding tert-OH is 1. The average molecular weight is 403 g/mol. The van der Waals surface area contributed by atoms with Gasteiger partial charge in [0.1, 0.15) is 17.9 Å². The smallest absolute Gasteiger partial charge is 0.391 e. The summed E-state index contributed by atoms with van der Waals surface area (Å²) >= 11 is 0. The van der Waals surface area contributed by atoms with Crippen molar-refractivity contribution in [3.05, 3.63) is 35.1 Å². The Bertz CT molecular complexity index is 827. The summed E-state index contributed by atoms with van der Waals surface area (Å²) in [6.45, 7) is 1.32. The minimum Gasteiger partial charge on any atom is -0.391 e. The first-order valence-corrected chi connectivity index (χ1v) is 8.45. The molecule has 3 N–H and O–H groups in total. The van der Waals surface area contributed by atoms with Crippen molar-refractivity contribution in [1.29, 1.82) is 0 Å². The molecule has 2 heterocycles. The maximum absolute atomic E-state index is 13.4. The van der Waals surface area contributed by atoms with E-state index in [0.29, 0.717) is 12.1 Å². The molecule has 3 rings (SSSR count). The molecule has 0 spiro atoms. The second kappa shape index (κ2) is 7.04. The predicted octanol–water partition coefficient (Wildman–Crippen LogP) is 0.423. The maximum Gasteiger partial charge on any atom is 0.419 e. The SMILES string of the molecule is C[C@@H](O)[C@@H]1NC(=O)[C@@H]2C[C@H](NC(=O)c3ccc(F)c(C(F)(F)F)c3)CN2C1=O. The number of rotatable bonds is 3. The summed E-state index contributed by atoms with van der Waals surface area (Å²) in [6.07, 6.45) is -5.98. The van der Waals surface area contributed by atoms with Crippen molar-refractivity contribution in [2.24, 2.45) is 0 Å². The van der Waals surface area contributed by atoms with Crippen molar-refractivity contribution in [1.82, 2.24) is 15.5 Å². The van der Waals surface area contributed by atoms with Crippen LogP contribution < -0.4 is 10.6 Å². The standard InChI is InChI=1S/C17H17F4N3O4/c1-7(25)13-16(28)24-6-9(5-12(24)15(27)23-13)22-14(26)8-2-3-11(18)10(4-8)17(19,20)21/h2-4,7,9,12-13,25H,5-6H2,1H3,(H,22,26)(H,23,27)/t7-,9+,12+,13+/m1/s1. The highest BCUT2D eigenvalue weighted by molar-refractivity contribution is 5.98. The zero-order valence-corrected chi connectivity index (χ0v) is 14.6. The van der Waals surface area contributed by atoms with Gasteiger partial charge in [-0.15, -0.1) is 0 Å². The molecule has 0 bridgehead atoms. The molecule has 152 valence electrons. The van der Waals surface area contributed by atoms with Crippen LogP contribution in [0, 0.1) is 5.82 Å². The van der Waals surface area contributed by atoms with Gasteiger partial charge in [0.05, 0.1) is 11.7 Å². The zero-order valence-electron chi connectivity index (χ0n) is 14.6. The molecule has 0 aliphatic carbocycles. The van der Waals surface area contributed by atoms with Gasteiger partial charge in [-0.1, -0.05) is 0 Å². The number of halogens is 4. The molecule has 1 aromatic rings. The van der Waals surface area contributed by atoms with E-state index >= 15 is 0 Å². The molecule has 7 nitrogen and oxygen atoms in total. The third-order valence-corrected chi connectivity index (χ3v) is 4.80. The van der Waals surface area contributed by atoms with E-state index in [0.717, 1.165) is 6.07 Å². The Hall–Kier alpha value is -2.69. The zero-order chi connectivity index (χ0) is 20.8. The number of hydrogen-bond acceptors (Lipinski definition) is 4. The van der Waals surface area contributed by atoms with Crippen LogP contribution in [-0.4, -0.2) is 58.5 Å². The molecule has 4 atom stereocenters. The molecule has 1 aromatic carbocycles. The quantitative estimate of drug-likeness (QED) is 0.638. The highest BCUT2D eigenvalue weighted by Gasteiger charge is 2.48. The number of carbonyl (C=O) groups is 3. The Morgan fingerprint density at radius 1 is 1.36 bits per heavy atom. The van der Waals surface area contributed by atoms with Gasteiger partial charge < -0.3 is 20.6 Å². The Morgan fingerprint density at radius 3 is 2.64 bits per heavy atom. The summed E-state index contributed by atoms with van der Waals surface area (Å²) in [4.78, 5) is 38.0. The molecule has 2 aliphatic rings. The highest BCUT2D eigenvalue weighted by Crippen LogP contribution is 2.32. The van der Waals surface area contributed by atoms with Gasteiger partial charge >= 0.3 is 6.18 Å². The fraction of sp³-hybridized carbons (Fsp3) is 0.471. The maximum atomic E-state index is 13.4. The van der Waals surface area contributed by atoms with Crippen LogP contribution in [0.5, 0.6) is 0 Å².